The highest BCUT2D eigenvalue weighted by Gasteiger charge is 2.43. The summed E-state index contributed by atoms with van der Waals surface area (Å²) in [6, 6.07) is 0.828. The minimum atomic E-state index is -0.135. The van der Waals surface area contributed by atoms with E-state index in [4.69, 9.17) is 4.74 Å². The first-order chi connectivity index (χ1) is 9.81. The van der Waals surface area contributed by atoms with Gasteiger partial charge >= 0.3 is 0 Å². The van der Waals surface area contributed by atoms with Crippen molar-refractivity contribution < 1.29 is 9.53 Å². The lowest BCUT2D eigenvalue weighted by Crippen LogP contribution is -2.54. The van der Waals surface area contributed by atoms with Gasteiger partial charge in [-0.05, 0) is 43.9 Å². The zero-order chi connectivity index (χ0) is 13.5. The Balaban J connectivity index is 1.30. The summed E-state index contributed by atoms with van der Waals surface area (Å²) >= 11 is 0. The first kappa shape index (κ1) is 13.1. The summed E-state index contributed by atoms with van der Waals surface area (Å²) in [5, 5.41) is 0. The van der Waals surface area contributed by atoms with Crippen LogP contribution >= 0.6 is 0 Å². The zero-order valence-electron chi connectivity index (χ0n) is 12.3. The normalized spacial score (nSPS) is 41.5. The van der Waals surface area contributed by atoms with Gasteiger partial charge in [-0.15, -0.1) is 0 Å². The van der Waals surface area contributed by atoms with Gasteiger partial charge in [0.05, 0.1) is 0 Å². The Morgan fingerprint density at radius 3 is 2.45 bits per heavy atom. The number of piperazine rings is 1. The Labute approximate surface area is 121 Å². The van der Waals surface area contributed by atoms with Gasteiger partial charge in [0.2, 0.25) is 0 Å². The zero-order valence-corrected chi connectivity index (χ0v) is 12.3. The maximum atomic E-state index is 12.3. The largest absolute Gasteiger partial charge is 0.368 e. The van der Waals surface area contributed by atoms with Crippen LogP contribution in [0.25, 0.3) is 0 Å². The molecule has 1 amide bonds. The molecule has 112 valence electrons. The van der Waals surface area contributed by atoms with E-state index in [2.05, 4.69) is 4.90 Å². The van der Waals surface area contributed by atoms with Gasteiger partial charge in [-0.1, -0.05) is 6.42 Å². The number of hydrogen-bond acceptors (Lipinski definition) is 3. The van der Waals surface area contributed by atoms with Crippen LogP contribution in [-0.4, -0.2) is 60.6 Å². The van der Waals surface area contributed by atoms with Crippen molar-refractivity contribution in [3.05, 3.63) is 0 Å². The molecule has 2 bridgehead atoms. The fourth-order valence-corrected chi connectivity index (χ4v) is 4.91. The molecular weight excluding hydrogens is 252 g/mol. The molecule has 0 aromatic carbocycles. The average molecular weight is 278 g/mol. The van der Waals surface area contributed by atoms with Crippen molar-refractivity contribution >= 4 is 5.91 Å². The van der Waals surface area contributed by atoms with Gasteiger partial charge < -0.3 is 9.64 Å². The number of hydrogen-bond donors (Lipinski definition) is 0. The summed E-state index contributed by atoms with van der Waals surface area (Å²) in [6.45, 7) is 4.74. The van der Waals surface area contributed by atoms with Gasteiger partial charge in [-0.25, -0.2) is 0 Å². The van der Waals surface area contributed by atoms with E-state index >= 15 is 0 Å². The molecule has 4 unspecified atom stereocenters. The van der Waals surface area contributed by atoms with Gasteiger partial charge in [-0.2, -0.15) is 0 Å². The van der Waals surface area contributed by atoms with E-state index in [1.165, 1.54) is 25.7 Å². The molecule has 2 saturated carbocycles. The third-order valence-corrected chi connectivity index (χ3v) is 6.00. The number of amides is 1. The molecule has 2 saturated heterocycles. The molecule has 4 fully saturated rings. The highest BCUT2D eigenvalue weighted by atomic mass is 16.5. The van der Waals surface area contributed by atoms with Crippen molar-refractivity contribution in [3.63, 3.8) is 0 Å². The number of carbonyl (C=O) groups excluding carboxylic acids is 1. The van der Waals surface area contributed by atoms with Crippen LogP contribution in [0.1, 0.15) is 38.5 Å². The lowest BCUT2D eigenvalue weighted by Gasteiger charge is -2.41. The van der Waals surface area contributed by atoms with Crippen molar-refractivity contribution in [1.29, 1.82) is 0 Å². The molecule has 0 radical (unpaired) electrons. The summed E-state index contributed by atoms with van der Waals surface area (Å²) in [7, 11) is 0. The number of ether oxygens (including phenoxy) is 1. The molecule has 2 heterocycles. The molecular formula is C16H26N2O2. The summed E-state index contributed by atoms with van der Waals surface area (Å²) in [5.41, 5.74) is 0. The average Bonchev–Trinajstić information content (AvgIpc) is 3.23. The van der Waals surface area contributed by atoms with Crippen molar-refractivity contribution in [2.24, 2.45) is 11.8 Å². The first-order valence-corrected chi connectivity index (χ1v) is 8.45. The lowest BCUT2D eigenvalue weighted by atomic mass is 9.93. The third-order valence-electron chi connectivity index (χ3n) is 6.00. The van der Waals surface area contributed by atoms with E-state index in [0.717, 1.165) is 63.5 Å². The van der Waals surface area contributed by atoms with Crippen molar-refractivity contribution in [2.45, 2.75) is 50.7 Å². The molecule has 2 aliphatic carbocycles. The van der Waals surface area contributed by atoms with E-state index < -0.39 is 0 Å². The van der Waals surface area contributed by atoms with Crippen LogP contribution in [0.15, 0.2) is 0 Å². The topological polar surface area (TPSA) is 32.8 Å². The molecule has 4 rings (SSSR count). The number of carbonyl (C=O) groups is 1. The standard InChI is InChI=1S/C16H26N2O2/c19-16(15-2-1-9-20-15)18-7-5-17(6-8-18)14-11-12-3-4-13(14)10-12/h12-15H,1-11H2. The van der Waals surface area contributed by atoms with E-state index in [-0.39, 0.29) is 12.0 Å². The number of rotatable bonds is 2. The molecule has 0 aromatic heterocycles. The lowest BCUT2D eigenvalue weighted by molar-refractivity contribution is -0.143. The number of fused-ring (bicyclic) bond motifs is 2. The second-order valence-electron chi connectivity index (χ2n) is 7.11. The van der Waals surface area contributed by atoms with Crippen LogP contribution in [-0.2, 0) is 9.53 Å². The Morgan fingerprint density at radius 1 is 1.00 bits per heavy atom. The summed E-state index contributed by atoms with van der Waals surface area (Å²) < 4.78 is 5.53. The van der Waals surface area contributed by atoms with Crippen LogP contribution < -0.4 is 0 Å². The quantitative estimate of drug-likeness (QED) is 0.767. The molecule has 20 heavy (non-hydrogen) atoms. The molecule has 0 spiro atoms. The Morgan fingerprint density at radius 2 is 1.85 bits per heavy atom. The SMILES string of the molecule is O=C(C1CCCO1)N1CCN(C2CC3CCC2C3)CC1. The molecule has 4 atom stereocenters. The second-order valence-corrected chi connectivity index (χ2v) is 7.11. The molecule has 0 aromatic rings. The summed E-state index contributed by atoms with van der Waals surface area (Å²) in [4.78, 5) is 17.0. The third kappa shape index (κ3) is 2.27. The van der Waals surface area contributed by atoms with Crippen LogP contribution in [0.4, 0.5) is 0 Å². The van der Waals surface area contributed by atoms with E-state index in [1.807, 2.05) is 4.90 Å². The van der Waals surface area contributed by atoms with Crippen molar-refractivity contribution in [3.8, 4) is 0 Å². The summed E-state index contributed by atoms with van der Waals surface area (Å²) in [6.07, 6.45) is 7.64. The van der Waals surface area contributed by atoms with Crippen molar-refractivity contribution in [2.75, 3.05) is 32.8 Å². The monoisotopic (exact) mass is 278 g/mol. The molecule has 2 aliphatic heterocycles. The molecule has 4 heteroatoms. The van der Waals surface area contributed by atoms with E-state index in [9.17, 15) is 4.79 Å². The highest BCUT2D eigenvalue weighted by molar-refractivity contribution is 5.81. The maximum Gasteiger partial charge on any atom is 0.251 e. The smallest absolute Gasteiger partial charge is 0.251 e. The minimum Gasteiger partial charge on any atom is -0.368 e. The molecule has 4 nitrogen and oxygen atoms in total. The second kappa shape index (κ2) is 5.30. The van der Waals surface area contributed by atoms with Crippen LogP contribution in [0.2, 0.25) is 0 Å². The maximum absolute atomic E-state index is 12.3. The fraction of sp³-hybridized carbons (Fsp3) is 0.938. The Kier molecular flexibility index (Phi) is 3.47. The minimum absolute atomic E-state index is 0.135. The summed E-state index contributed by atoms with van der Waals surface area (Å²) in [5.74, 6) is 2.21. The number of nitrogens with zero attached hydrogens (tertiary/aromatic N) is 2. The van der Waals surface area contributed by atoms with Crippen molar-refractivity contribution in [1.82, 2.24) is 9.80 Å². The van der Waals surface area contributed by atoms with Crippen LogP contribution in [0.3, 0.4) is 0 Å². The highest BCUT2D eigenvalue weighted by Crippen LogP contribution is 2.46. The van der Waals surface area contributed by atoms with Gasteiger partial charge in [0.15, 0.2) is 0 Å². The molecule has 0 N–H and O–H groups in total. The Bertz CT molecular complexity index is 373. The van der Waals surface area contributed by atoms with E-state index in [1.54, 1.807) is 0 Å². The fourth-order valence-electron chi connectivity index (χ4n) is 4.91. The van der Waals surface area contributed by atoms with Crippen LogP contribution in [0.5, 0.6) is 0 Å². The molecule has 4 aliphatic rings. The van der Waals surface area contributed by atoms with Crippen LogP contribution in [0, 0.1) is 11.8 Å². The Hall–Kier alpha value is -0.610. The van der Waals surface area contributed by atoms with E-state index in [0.29, 0.717) is 0 Å². The van der Waals surface area contributed by atoms with Gasteiger partial charge in [0.1, 0.15) is 6.10 Å². The van der Waals surface area contributed by atoms with Gasteiger partial charge in [0.25, 0.3) is 5.91 Å². The van der Waals surface area contributed by atoms with Gasteiger partial charge in [0, 0.05) is 38.8 Å². The first-order valence-electron chi connectivity index (χ1n) is 8.45. The predicted molar refractivity (Wildman–Crippen MR) is 76.4 cm³/mol. The predicted octanol–water partition coefficient (Wildman–Crippen LogP) is 1.50. The van der Waals surface area contributed by atoms with Gasteiger partial charge in [-0.3, -0.25) is 9.69 Å².